The van der Waals surface area contributed by atoms with Crippen molar-refractivity contribution in [3.8, 4) is 0 Å². The van der Waals surface area contributed by atoms with E-state index in [-0.39, 0.29) is 12.1 Å². The predicted octanol–water partition coefficient (Wildman–Crippen LogP) is 2.04. The fourth-order valence-corrected chi connectivity index (χ4v) is 1.56. The van der Waals surface area contributed by atoms with Gasteiger partial charge in [0.25, 0.3) is 0 Å². The summed E-state index contributed by atoms with van der Waals surface area (Å²) in [5, 5.41) is 0. The van der Waals surface area contributed by atoms with E-state index in [1.165, 1.54) is 6.08 Å². The monoisotopic (exact) mass is 228 g/mol. The highest BCUT2D eigenvalue weighted by Crippen LogP contribution is 2.24. The Morgan fingerprint density at radius 3 is 2.88 bits per heavy atom. The molecule has 1 atom stereocenters. The van der Waals surface area contributed by atoms with E-state index >= 15 is 0 Å². The van der Waals surface area contributed by atoms with Gasteiger partial charge in [-0.05, 0) is 33.6 Å². The van der Waals surface area contributed by atoms with Gasteiger partial charge < -0.3 is 14.2 Å². The lowest BCUT2D eigenvalue weighted by Crippen LogP contribution is -2.21. The maximum absolute atomic E-state index is 11.0. The van der Waals surface area contributed by atoms with Crippen LogP contribution in [0.15, 0.2) is 12.2 Å². The van der Waals surface area contributed by atoms with Gasteiger partial charge >= 0.3 is 5.97 Å². The van der Waals surface area contributed by atoms with Gasteiger partial charge in [-0.2, -0.15) is 0 Å². The SMILES string of the molecule is CCOC(=O)C=CCC[C@H]1COC(C)(C)O1. The topological polar surface area (TPSA) is 44.8 Å². The van der Waals surface area contributed by atoms with Gasteiger partial charge in [0.2, 0.25) is 0 Å². The lowest BCUT2D eigenvalue weighted by Gasteiger charge is -2.16. The van der Waals surface area contributed by atoms with E-state index < -0.39 is 5.79 Å². The first-order valence-corrected chi connectivity index (χ1v) is 5.68. The van der Waals surface area contributed by atoms with Crippen LogP contribution in [0.2, 0.25) is 0 Å². The van der Waals surface area contributed by atoms with Crippen LogP contribution in [-0.2, 0) is 19.0 Å². The van der Waals surface area contributed by atoms with Crippen molar-refractivity contribution in [3.63, 3.8) is 0 Å². The van der Waals surface area contributed by atoms with Gasteiger partial charge in [-0.15, -0.1) is 0 Å². The number of carbonyl (C=O) groups excluding carboxylic acids is 1. The minimum Gasteiger partial charge on any atom is -0.463 e. The third-order valence-electron chi connectivity index (χ3n) is 2.26. The Labute approximate surface area is 96.6 Å². The van der Waals surface area contributed by atoms with Crippen molar-refractivity contribution in [1.82, 2.24) is 0 Å². The molecule has 0 aromatic heterocycles. The fraction of sp³-hybridized carbons (Fsp3) is 0.750. The molecule has 0 amide bonds. The summed E-state index contributed by atoms with van der Waals surface area (Å²) in [6.07, 6.45) is 5.06. The Bertz CT molecular complexity index is 258. The first-order valence-electron chi connectivity index (χ1n) is 5.68. The predicted molar refractivity (Wildman–Crippen MR) is 59.9 cm³/mol. The molecule has 0 saturated carbocycles. The first kappa shape index (κ1) is 13.2. The van der Waals surface area contributed by atoms with Crippen molar-refractivity contribution in [2.24, 2.45) is 0 Å². The molecule has 1 heterocycles. The van der Waals surface area contributed by atoms with Crippen molar-refractivity contribution < 1.29 is 19.0 Å². The Morgan fingerprint density at radius 2 is 2.31 bits per heavy atom. The van der Waals surface area contributed by atoms with E-state index in [2.05, 4.69) is 0 Å². The van der Waals surface area contributed by atoms with Crippen LogP contribution in [-0.4, -0.2) is 31.1 Å². The summed E-state index contributed by atoms with van der Waals surface area (Å²) >= 11 is 0. The van der Waals surface area contributed by atoms with Crippen molar-refractivity contribution in [3.05, 3.63) is 12.2 Å². The molecule has 0 unspecified atom stereocenters. The van der Waals surface area contributed by atoms with Crippen LogP contribution in [0.4, 0.5) is 0 Å². The van der Waals surface area contributed by atoms with E-state index in [0.29, 0.717) is 13.2 Å². The molecule has 1 rings (SSSR count). The van der Waals surface area contributed by atoms with Crippen LogP contribution >= 0.6 is 0 Å². The molecule has 1 aliphatic heterocycles. The van der Waals surface area contributed by atoms with E-state index in [4.69, 9.17) is 14.2 Å². The smallest absolute Gasteiger partial charge is 0.330 e. The summed E-state index contributed by atoms with van der Waals surface area (Å²) in [6, 6.07) is 0. The highest BCUT2D eigenvalue weighted by Gasteiger charge is 2.31. The number of esters is 1. The minimum absolute atomic E-state index is 0.127. The lowest BCUT2D eigenvalue weighted by molar-refractivity contribution is -0.139. The number of allylic oxidation sites excluding steroid dienone is 1. The quantitative estimate of drug-likeness (QED) is 0.533. The number of ether oxygens (including phenoxy) is 3. The summed E-state index contributed by atoms with van der Waals surface area (Å²) in [5.74, 6) is -0.748. The molecule has 0 bridgehead atoms. The third kappa shape index (κ3) is 4.77. The van der Waals surface area contributed by atoms with Crippen LogP contribution < -0.4 is 0 Å². The molecular formula is C12H20O4. The molecule has 0 N–H and O–H groups in total. The molecule has 0 aromatic carbocycles. The van der Waals surface area contributed by atoms with Gasteiger partial charge in [-0.1, -0.05) is 6.08 Å². The summed E-state index contributed by atoms with van der Waals surface area (Å²) in [4.78, 5) is 11.0. The average Bonchev–Trinajstić information content (AvgIpc) is 2.54. The number of rotatable bonds is 5. The summed E-state index contributed by atoms with van der Waals surface area (Å²) in [6.45, 7) is 6.64. The van der Waals surface area contributed by atoms with Crippen LogP contribution in [0.1, 0.15) is 33.6 Å². The second kappa shape index (κ2) is 6.01. The van der Waals surface area contributed by atoms with Gasteiger partial charge in [-0.3, -0.25) is 0 Å². The van der Waals surface area contributed by atoms with Gasteiger partial charge in [0, 0.05) is 6.08 Å². The Hall–Kier alpha value is -0.870. The molecule has 0 radical (unpaired) electrons. The maximum Gasteiger partial charge on any atom is 0.330 e. The van der Waals surface area contributed by atoms with Crippen molar-refractivity contribution in [2.75, 3.05) is 13.2 Å². The Kier molecular flexibility index (Phi) is 4.96. The molecule has 0 aromatic rings. The molecule has 92 valence electrons. The summed E-state index contributed by atoms with van der Waals surface area (Å²) in [7, 11) is 0. The number of hydrogen-bond acceptors (Lipinski definition) is 4. The number of carbonyl (C=O) groups is 1. The molecule has 1 fully saturated rings. The first-order chi connectivity index (χ1) is 7.53. The largest absolute Gasteiger partial charge is 0.463 e. The van der Waals surface area contributed by atoms with E-state index in [1.54, 1.807) is 6.92 Å². The molecule has 0 aliphatic carbocycles. The standard InChI is InChI=1S/C12H20O4/c1-4-14-11(13)8-6-5-7-10-9-15-12(2,3)16-10/h6,8,10H,4-5,7,9H2,1-3H3/t10-/m0/s1. The third-order valence-corrected chi connectivity index (χ3v) is 2.26. The minimum atomic E-state index is -0.463. The normalized spacial score (nSPS) is 23.8. The zero-order valence-electron chi connectivity index (χ0n) is 10.2. The second-order valence-electron chi connectivity index (χ2n) is 4.18. The van der Waals surface area contributed by atoms with E-state index in [9.17, 15) is 4.79 Å². The molecule has 0 spiro atoms. The van der Waals surface area contributed by atoms with Crippen molar-refractivity contribution >= 4 is 5.97 Å². The van der Waals surface area contributed by atoms with Gasteiger partial charge in [0.15, 0.2) is 5.79 Å². The fourth-order valence-electron chi connectivity index (χ4n) is 1.56. The van der Waals surface area contributed by atoms with Crippen LogP contribution in [0, 0.1) is 0 Å². The Balaban J connectivity index is 2.14. The number of hydrogen-bond donors (Lipinski definition) is 0. The highest BCUT2D eigenvalue weighted by atomic mass is 16.7. The zero-order chi connectivity index (χ0) is 12.0. The van der Waals surface area contributed by atoms with Crippen LogP contribution in [0.3, 0.4) is 0 Å². The highest BCUT2D eigenvalue weighted by molar-refractivity contribution is 5.81. The van der Waals surface area contributed by atoms with Gasteiger partial charge in [0.05, 0.1) is 19.3 Å². The van der Waals surface area contributed by atoms with Crippen LogP contribution in [0.5, 0.6) is 0 Å². The zero-order valence-corrected chi connectivity index (χ0v) is 10.2. The summed E-state index contributed by atoms with van der Waals surface area (Å²) < 4.78 is 15.8. The second-order valence-corrected chi connectivity index (χ2v) is 4.18. The van der Waals surface area contributed by atoms with Gasteiger partial charge in [0.1, 0.15) is 0 Å². The molecule has 4 heteroatoms. The maximum atomic E-state index is 11.0. The van der Waals surface area contributed by atoms with Crippen LogP contribution in [0.25, 0.3) is 0 Å². The molecule has 1 aliphatic rings. The molecule has 4 nitrogen and oxygen atoms in total. The molecule has 16 heavy (non-hydrogen) atoms. The van der Waals surface area contributed by atoms with Gasteiger partial charge in [-0.25, -0.2) is 4.79 Å². The van der Waals surface area contributed by atoms with Crippen molar-refractivity contribution in [1.29, 1.82) is 0 Å². The summed E-state index contributed by atoms with van der Waals surface area (Å²) in [5.41, 5.74) is 0. The Morgan fingerprint density at radius 1 is 1.56 bits per heavy atom. The lowest BCUT2D eigenvalue weighted by atomic mass is 10.2. The van der Waals surface area contributed by atoms with E-state index in [1.807, 2.05) is 19.9 Å². The van der Waals surface area contributed by atoms with Crippen molar-refractivity contribution in [2.45, 2.75) is 45.5 Å². The molecular weight excluding hydrogens is 208 g/mol. The molecule has 1 saturated heterocycles. The van der Waals surface area contributed by atoms with E-state index in [0.717, 1.165) is 12.8 Å². The average molecular weight is 228 g/mol.